The van der Waals surface area contributed by atoms with Crippen molar-refractivity contribution in [3.8, 4) is 44.5 Å². The normalized spacial score (nSPS) is 13.8. The number of nitrogens with zero attached hydrogens (tertiary/aromatic N) is 1. The molecule has 0 heterocycles. The molecule has 0 aromatic heterocycles. The number of rotatable bonds is 6. The van der Waals surface area contributed by atoms with Gasteiger partial charge in [-0.1, -0.05) is 147 Å². The summed E-state index contributed by atoms with van der Waals surface area (Å²) in [6.45, 7) is 0. The first-order valence-corrected chi connectivity index (χ1v) is 18.6. The Morgan fingerprint density at radius 1 is 0.392 bits per heavy atom. The lowest BCUT2D eigenvalue weighted by Crippen LogP contribution is -2.15. The van der Waals surface area contributed by atoms with Gasteiger partial charge in [0, 0.05) is 17.1 Å². The number of para-hydroxylation sites is 2. The molecule has 0 amide bonds. The molecule has 8 aromatic rings. The molecule has 2 aliphatic carbocycles. The SMILES string of the molecule is c1ccc(-c2c3c(c(-c4ccccc4)c4ccccc24)-c2cc4cc(N(c5ccccc5)c5ccccc5C5CCCCC5)ccc4cc2-3)cc1. The number of hydrogen-bond acceptors (Lipinski definition) is 1. The lowest BCUT2D eigenvalue weighted by atomic mass is 9.70. The quantitative estimate of drug-likeness (QED) is 0.173. The number of benzene rings is 8. The van der Waals surface area contributed by atoms with Crippen LogP contribution in [-0.4, -0.2) is 0 Å². The van der Waals surface area contributed by atoms with Gasteiger partial charge in [0.05, 0.1) is 0 Å². The van der Waals surface area contributed by atoms with Crippen LogP contribution in [-0.2, 0) is 0 Å². The van der Waals surface area contributed by atoms with Gasteiger partial charge in [-0.2, -0.15) is 0 Å². The fourth-order valence-corrected chi connectivity index (χ4v) is 9.02. The second-order valence-electron chi connectivity index (χ2n) is 14.3. The highest BCUT2D eigenvalue weighted by atomic mass is 15.1. The van der Waals surface area contributed by atoms with E-state index in [1.54, 1.807) is 0 Å². The van der Waals surface area contributed by atoms with Crippen LogP contribution >= 0.6 is 0 Å². The molecule has 0 N–H and O–H groups in total. The molecule has 0 bridgehead atoms. The molecular weight excluding hydrogens is 615 g/mol. The summed E-state index contributed by atoms with van der Waals surface area (Å²) in [5, 5.41) is 5.14. The number of hydrogen-bond donors (Lipinski definition) is 0. The lowest BCUT2D eigenvalue weighted by Gasteiger charge is -2.33. The van der Waals surface area contributed by atoms with Crippen LogP contribution < -0.4 is 4.90 Å². The minimum absolute atomic E-state index is 0.600. The van der Waals surface area contributed by atoms with E-state index >= 15 is 0 Å². The van der Waals surface area contributed by atoms with Crippen molar-refractivity contribution in [1.82, 2.24) is 0 Å². The molecule has 0 unspecified atom stereocenters. The predicted octanol–water partition coefficient (Wildman–Crippen LogP) is 14.5. The molecule has 1 heteroatoms. The maximum atomic E-state index is 2.49. The standard InChI is InChI=1S/C50H39N/c1-5-17-34(18-6-1)41-25-15-16-28-46(41)51(39-23-11-4-12-24-39)40-30-29-37-32-44-45(33-38(37)31-40)50-48(36-21-9-3-10-22-36)43-27-14-13-26-42(43)47(49(44)50)35-19-7-2-8-20-35/h2-4,7-16,19-34H,1,5-6,17-18H2. The summed E-state index contributed by atoms with van der Waals surface area (Å²) in [6, 6.07) is 63.0. The Morgan fingerprint density at radius 3 is 1.55 bits per heavy atom. The van der Waals surface area contributed by atoms with Crippen LogP contribution in [0.3, 0.4) is 0 Å². The zero-order valence-electron chi connectivity index (χ0n) is 28.7. The second-order valence-corrected chi connectivity index (χ2v) is 14.3. The summed E-state index contributed by atoms with van der Waals surface area (Å²) in [6.07, 6.45) is 6.53. The van der Waals surface area contributed by atoms with Crippen molar-refractivity contribution < 1.29 is 0 Å². The van der Waals surface area contributed by atoms with Crippen molar-refractivity contribution in [2.24, 2.45) is 0 Å². The molecule has 1 saturated carbocycles. The molecule has 0 spiro atoms. The third kappa shape index (κ3) is 4.99. The van der Waals surface area contributed by atoms with Crippen LogP contribution in [0.15, 0.2) is 170 Å². The zero-order chi connectivity index (χ0) is 33.7. The summed E-state index contributed by atoms with van der Waals surface area (Å²) in [5.41, 5.74) is 15.8. The van der Waals surface area contributed by atoms with Crippen molar-refractivity contribution in [3.05, 3.63) is 175 Å². The number of anilines is 3. The third-order valence-electron chi connectivity index (χ3n) is 11.3. The van der Waals surface area contributed by atoms with Crippen LogP contribution in [0, 0.1) is 0 Å². The van der Waals surface area contributed by atoms with Crippen molar-refractivity contribution >= 4 is 38.6 Å². The Morgan fingerprint density at radius 2 is 0.922 bits per heavy atom. The lowest BCUT2D eigenvalue weighted by molar-refractivity contribution is 0.444. The van der Waals surface area contributed by atoms with Crippen LogP contribution in [0.5, 0.6) is 0 Å². The minimum Gasteiger partial charge on any atom is -0.310 e. The van der Waals surface area contributed by atoms with Gasteiger partial charge in [-0.05, 0) is 133 Å². The second kappa shape index (κ2) is 12.4. The maximum absolute atomic E-state index is 2.49. The highest BCUT2D eigenvalue weighted by Gasteiger charge is 2.33. The van der Waals surface area contributed by atoms with E-state index in [2.05, 4.69) is 175 Å². The predicted molar refractivity (Wildman–Crippen MR) is 217 cm³/mol. The van der Waals surface area contributed by atoms with Gasteiger partial charge in [-0.15, -0.1) is 0 Å². The van der Waals surface area contributed by atoms with E-state index in [4.69, 9.17) is 0 Å². The fourth-order valence-electron chi connectivity index (χ4n) is 9.02. The van der Waals surface area contributed by atoms with Crippen molar-refractivity contribution in [2.75, 3.05) is 4.90 Å². The molecule has 1 nitrogen and oxygen atoms in total. The topological polar surface area (TPSA) is 3.24 Å². The first-order chi connectivity index (χ1) is 25.3. The Hall–Kier alpha value is -5.92. The maximum Gasteiger partial charge on any atom is 0.0496 e. The van der Waals surface area contributed by atoms with Gasteiger partial charge in [0.15, 0.2) is 0 Å². The van der Waals surface area contributed by atoms with Gasteiger partial charge >= 0.3 is 0 Å². The van der Waals surface area contributed by atoms with Gasteiger partial charge in [0.1, 0.15) is 0 Å². The zero-order valence-corrected chi connectivity index (χ0v) is 28.7. The Bertz CT molecular complexity index is 2540. The highest BCUT2D eigenvalue weighted by Crippen LogP contribution is 2.60. The van der Waals surface area contributed by atoms with E-state index in [0.29, 0.717) is 5.92 Å². The summed E-state index contributed by atoms with van der Waals surface area (Å²) < 4.78 is 0. The van der Waals surface area contributed by atoms with Crippen molar-refractivity contribution in [3.63, 3.8) is 0 Å². The molecule has 51 heavy (non-hydrogen) atoms. The van der Waals surface area contributed by atoms with Gasteiger partial charge in [-0.25, -0.2) is 0 Å². The average Bonchev–Trinajstić information content (AvgIpc) is 3.21. The molecule has 10 rings (SSSR count). The Labute approximate surface area is 300 Å². The van der Waals surface area contributed by atoms with Gasteiger partial charge in [0.2, 0.25) is 0 Å². The van der Waals surface area contributed by atoms with Crippen LogP contribution in [0.2, 0.25) is 0 Å². The van der Waals surface area contributed by atoms with E-state index in [0.717, 1.165) is 0 Å². The largest absolute Gasteiger partial charge is 0.310 e. The summed E-state index contributed by atoms with van der Waals surface area (Å²) in [5.74, 6) is 0.600. The first kappa shape index (κ1) is 29.9. The molecule has 0 saturated heterocycles. The van der Waals surface area contributed by atoms with Gasteiger partial charge in [0.25, 0.3) is 0 Å². The molecule has 2 aliphatic rings. The van der Waals surface area contributed by atoms with Crippen molar-refractivity contribution in [2.45, 2.75) is 38.0 Å². The first-order valence-electron chi connectivity index (χ1n) is 18.6. The Balaban J connectivity index is 1.19. The molecule has 8 aromatic carbocycles. The van der Waals surface area contributed by atoms with Crippen LogP contribution in [0.25, 0.3) is 66.1 Å². The monoisotopic (exact) mass is 653 g/mol. The molecule has 0 atom stereocenters. The summed E-state index contributed by atoms with van der Waals surface area (Å²) >= 11 is 0. The summed E-state index contributed by atoms with van der Waals surface area (Å²) in [7, 11) is 0. The van der Waals surface area contributed by atoms with Crippen LogP contribution in [0.1, 0.15) is 43.6 Å². The molecule has 0 aliphatic heterocycles. The average molecular weight is 654 g/mol. The number of fused-ring (bicyclic) bond motifs is 6. The van der Waals surface area contributed by atoms with E-state index < -0.39 is 0 Å². The molecule has 244 valence electrons. The van der Waals surface area contributed by atoms with E-state index in [-0.39, 0.29) is 0 Å². The summed E-state index contributed by atoms with van der Waals surface area (Å²) in [4.78, 5) is 2.49. The van der Waals surface area contributed by atoms with Gasteiger partial charge < -0.3 is 4.90 Å². The van der Waals surface area contributed by atoms with Crippen molar-refractivity contribution in [1.29, 1.82) is 0 Å². The van der Waals surface area contributed by atoms with Gasteiger partial charge in [-0.3, -0.25) is 0 Å². The highest BCUT2D eigenvalue weighted by molar-refractivity contribution is 6.26. The smallest absolute Gasteiger partial charge is 0.0496 e. The fraction of sp³-hybridized carbons (Fsp3) is 0.120. The molecule has 0 radical (unpaired) electrons. The molecule has 1 fully saturated rings. The Kier molecular flexibility index (Phi) is 7.31. The van der Waals surface area contributed by atoms with E-state index in [1.165, 1.54) is 121 Å². The molecular formula is C50H39N. The minimum atomic E-state index is 0.600. The van der Waals surface area contributed by atoms with E-state index in [1.807, 2.05) is 0 Å². The van der Waals surface area contributed by atoms with E-state index in [9.17, 15) is 0 Å². The third-order valence-corrected chi connectivity index (χ3v) is 11.3. The van der Waals surface area contributed by atoms with Crippen LogP contribution in [0.4, 0.5) is 17.1 Å².